The fourth-order valence-corrected chi connectivity index (χ4v) is 3.00. The zero-order chi connectivity index (χ0) is 18.4. The van der Waals surface area contributed by atoms with E-state index in [1.807, 2.05) is 5.43 Å². The molecule has 0 heterocycles. The number of nitrogens with one attached hydrogen (secondary N) is 3. The number of sulfonamides is 1. The van der Waals surface area contributed by atoms with Crippen molar-refractivity contribution in [3.63, 3.8) is 0 Å². The minimum Gasteiger partial charge on any atom is -0.452 e. The van der Waals surface area contributed by atoms with Gasteiger partial charge < -0.3 is 4.74 Å². The highest BCUT2D eigenvalue weighted by atomic mass is 35.5. The van der Waals surface area contributed by atoms with Gasteiger partial charge >= 0.3 is 6.09 Å². The summed E-state index contributed by atoms with van der Waals surface area (Å²) in [6, 6.07) is 11.4. The lowest BCUT2D eigenvalue weighted by molar-refractivity contribution is 0.0920. The molecule has 0 bridgehead atoms. The molecule has 0 aromatic heterocycles. The standard InChI is InChI=1S/C15H14ClN3O5S/c1-24-15(21)18-17-14(20)10-3-2-4-13(9-10)25(22,23)19-12-7-5-11(16)6-8-12/h2-9,19H,1H3,(H,17,20)(H,18,21). The maximum absolute atomic E-state index is 12.4. The number of hydrogen-bond acceptors (Lipinski definition) is 5. The summed E-state index contributed by atoms with van der Waals surface area (Å²) in [7, 11) is -2.77. The first-order valence-electron chi connectivity index (χ1n) is 6.84. The Bertz CT molecular complexity index is 884. The van der Waals surface area contributed by atoms with Crippen LogP contribution < -0.4 is 15.6 Å². The average Bonchev–Trinajstić information content (AvgIpc) is 2.61. The van der Waals surface area contributed by atoms with E-state index in [-0.39, 0.29) is 10.5 Å². The van der Waals surface area contributed by atoms with Crippen molar-refractivity contribution >= 4 is 39.3 Å². The number of halogens is 1. The van der Waals surface area contributed by atoms with Crippen LogP contribution in [0.3, 0.4) is 0 Å². The Morgan fingerprint density at radius 1 is 1.04 bits per heavy atom. The van der Waals surface area contributed by atoms with Gasteiger partial charge in [-0.3, -0.25) is 14.9 Å². The van der Waals surface area contributed by atoms with Crippen LogP contribution in [0.4, 0.5) is 10.5 Å². The Hall–Kier alpha value is -2.78. The molecule has 132 valence electrons. The Kier molecular flexibility index (Phi) is 5.84. The SMILES string of the molecule is COC(=O)NNC(=O)c1cccc(S(=O)(=O)Nc2ccc(Cl)cc2)c1. The normalized spacial score (nSPS) is 10.6. The Balaban J connectivity index is 2.17. The van der Waals surface area contributed by atoms with E-state index in [0.717, 1.165) is 7.11 Å². The summed E-state index contributed by atoms with van der Waals surface area (Å²) in [4.78, 5) is 22.7. The van der Waals surface area contributed by atoms with Gasteiger partial charge in [0.15, 0.2) is 0 Å². The molecule has 0 radical (unpaired) electrons. The van der Waals surface area contributed by atoms with Gasteiger partial charge in [-0.25, -0.2) is 18.6 Å². The third-order valence-electron chi connectivity index (χ3n) is 2.97. The predicted molar refractivity (Wildman–Crippen MR) is 91.7 cm³/mol. The molecule has 0 aliphatic heterocycles. The van der Waals surface area contributed by atoms with Crippen molar-refractivity contribution < 1.29 is 22.7 Å². The van der Waals surface area contributed by atoms with Gasteiger partial charge in [0, 0.05) is 16.3 Å². The molecule has 0 saturated heterocycles. The molecule has 25 heavy (non-hydrogen) atoms. The van der Waals surface area contributed by atoms with E-state index in [4.69, 9.17) is 11.6 Å². The van der Waals surface area contributed by atoms with Gasteiger partial charge in [-0.05, 0) is 42.5 Å². The van der Waals surface area contributed by atoms with Crippen molar-refractivity contribution in [3.05, 3.63) is 59.1 Å². The van der Waals surface area contributed by atoms with Crippen molar-refractivity contribution in [1.82, 2.24) is 10.9 Å². The fourth-order valence-electron chi connectivity index (χ4n) is 1.77. The molecular weight excluding hydrogens is 370 g/mol. The number of rotatable bonds is 4. The van der Waals surface area contributed by atoms with Crippen LogP contribution in [0, 0.1) is 0 Å². The van der Waals surface area contributed by atoms with Gasteiger partial charge in [-0.15, -0.1) is 0 Å². The minimum atomic E-state index is -3.90. The van der Waals surface area contributed by atoms with Crippen LogP contribution in [0.15, 0.2) is 53.4 Å². The monoisotopic (exact) mass is 383 g/mol. The molecule has 10 heteroatoms. The smallest absolute Gasteiger partial charge is 0.425 e. The molecule has 2 rings (SSSR count). The molecule has 0 spiro atoms. The van der Waals surface area contributed by atoms with E-state index in [9.17, 15) is 18.0 Å². The van der Waals surface area contributed by atoms with E-state index in [2.05, 4.69) is 14.9 Å². The first-order valence-corrected chi connectivity index (χ1v) is 8.71. The molecule has 0 saturated carbocycles. The second kappa shape index (κ2) is 7.86. The molecule has 0 unspecified atom stereocenters. The Labute approximate surface area is 149 Å². The van der Waals surface area contributed by atoms with Crippen molar-refractivity contribution in [1.29, 1.82) is 0 Å². The summed E-state index contributed by atoms with van der Waals surface area (Å²) in [5, 5.41) is 0.472. The maximum atomic E-state index is 12.4. The van der Waals surface area contributed by atoms with Gasteiger partial charge in [0.2, 0.25) is 0 Å². The highest BCUT2D eigenvalue weighted by Gasteiger charge is 2.17. The van der Waals surface area contributed by atoms with Crippen LogP contribution in [-0.4, -0.2) is 27.5 Å². The first-order chi connectivity index (χ1) is 11.8. The van der Waals surface area contributed by atoms with Crippen molar-refractivity contribution in [2.24, 2.45) is 0 Å². The highest BCUT2D eigenvalue weighted by Crippen LogP contribution is 2.19. The predicted octanol–water partition coefficient (Wildman–Crippen LogP) is 2.14. The summed E-state index contributed by atoms with van der Waals surface area (Å²) < 4.78 is 31.5. The van der Waals surface area contributed by atoms with Crippen LogP contribution in [0.1, 0.15) is 10.4 Å². The molecule has 8 nitrogen and oxygen atoms in total. The molecule has 2 amide bonds. The lowest BCUT2D eigenvalue weighted by Gasteiger charge is -2.10. The van der Waals surface area contributed by atoms with E-state index >= 15 is 0 Å². The van der Waals surface area contributed by atoms with Crippen LogP contribution >= 0.6 is 11.6 Å². The van der Waals surface area contributed by atoms with Gasteiger partial charge in [-0.1, -0.05) is 17.7 Å². The van der Waals surface area contributed by atoms with Crippen molar-refractivity contribution in [2.75, 3.05) is 11.8 Å². The van der Waals surface area contributed by atoms with E-state index in [1.54, 1.807) is 12.1 Å². The summed E-state index contributed by atoms with van der Waals surface area (Å²) >= 11 is 5.76. The zero-order valence-electron chi connectivity index (χ0n) is 12.9. The number of amides is 2. The molecule has 0 aliphatic rings. The quantitative estimate of drug-likeness (QED) is 0.700. The third kappa shape index (κ3) is 5.10. The number of hydrogen-bond donors (Lipinski definition) is 3. The largest absolute Gasteiger partial charge is 0.452 e. The highest BCUT2D eigenvalue weighted by molar-refractivity contribution is 7.92. The second-order valence-electron chi connectivity index (χ2n) is 4.71. The number of anilines is 1. The molecule has 0 fully saturated rings. The number of carbonyl (C=O) groups excluding carboxylic acids is 2. The van der Waals surface area contributed by atoms with Crippen molar-refractivity contribution in [3.8, 4) is 0 Å². The molecule has 0 atom stereocenters. The molecule has 2 aromatic carbocycles. The Morgan fingerprint density at radius 3 is 2.36 bits per heavy atom. The number of hydrazine groups is 1. The van der Waals surface area contributed by atoms with Gasteiger partial charge in [-0.2, -0.15) is 0 Å². The van der Waals surface area contributed by atoms with E-state index in [0.29, 0.717) is 10.7 Å². The zero-order valence-corrected chi connectivity index (χ0v) is 14.5. The topological polar surface area (TPSA) is 114 Å². The average molecular weight is 384 g/mol. The lowest BCUT2D eigenvalue weighted by Crippen LogP contribution is -2.41. The Morgan fingerprint density at radius 2 is 1.72 bits per heavy atom. The van der Waals surface area contributed by atoms with E-state index < -0.39 is 22.0 Å². The van der Waals surface area contributed by atoms with Crippen LogP contribution in [-0.2, 0) is 14.8 Å². The van der Waals surface area contributed by atoms with E-state index in [1.165, 1.54) is 36.4 Å². The molecule has 3 N–H and O–H groups in total. The maximum Gasteiger partial charge on any atom is 0.425 e. The summed E-state index contributed by atoms with van der Waals surface area (Å²) in [5.74, 6) is -0.700. The second-order valence-corrected chi connectivity index (χ2v) is 6.83. The number of carbonyl (C=O) groups is 2. The van der Waals surface area contributed by atoms with Gasteiger partial charge in [0.05, 0.1) is 12.0 Å². The van der Waals surface area contributed by atoms with Crippen molar-refractivity contribution in [2.45, 2.75) is 4.90 Å². The summed E-state index contributed by atoms with van der Waals surface area (Å²) in [6.07, 6.45) is -0.860. The van der Waals surface area contributed by atoms with Crippen LogP contribution in [0.25, 0.3) is 0 Å². The fraction of sp³-hybridized carbons (Fsp3) is 0.0667. The summed E-state index contributed by atoms with van der Waals surface area (Å²) in [5.41, 5.74) is 4.45. The number of ether oxygens (including phenoxy) is 1. The van der Waals surface area contributed by atoms with Gasteiger partial charge in [0.25, 0.3) is 15.9 Å². The van der Waals surface area contributed by atoms with Gasteiger partial charge in [0.1, 0.15) is 0 Å². The number of methoxy groups -OCH3 is 1. The first kappa shape index (κ1) is 18.6. The summed E-state index contributed by atoms with van der Waals surface area (Å²) in [6.45, 7) is 0. The third-order valence-corrected chi connectivity index (χ3v) is 4.60. The minimum absolute atomic E-state index is 0.0374. The lowest BCUT2D eigenvalue weighted by atomic mass is 10.2. The molecule has 2 aromatic rings. The molecule has 0 aliphatic carbocycles. The van der Waals surface area contributed by atoms with Crippen LogP contribution in [0.5, 0.6) is 0 Å². The molecular formula is C15H14ClN3O5S. The van der Waals surface area contributed by atoms with Crippen LogP contribution in [0.2, 0.25) is 5.02 Å². The number of benzene rings is 2.